The highest BCUT2D eigenvalue weighted by Gasteiger charge is 2.15. The third-order valence-corrected chi connectivity index (χ3v) is 3.74. The number of halogens is 1. The smallest absolute Gasteiger partial charge is 0.189 e. The molecule has 23 heavy (non-hydrogen) atoms. The maximum absolute atomic E-state index is 13.0. The Labute approximate surface area is 138 Å². The predicted molar refractivity (Wildman–Crippen MR) is 86.2 cm³/mol. The summed E-state index contributed by atoms with van der Waals surface area (Å²) in [6.45, 7) is 1.92. The summed E-state index contributed by atoms with van der Waals surface area (Å²) in [6.07, 6.45) is 1.82. The van der Waals surface area contributed by atoms with Crippen LogP contribution in [0.3, 0.4) is 0 Å². The van der Waals surface area contributed by atoms with Crippen molar-refractivity contribution in [2.45, 2.75) is 24.0 Å². The summed E-state index contributed by atoms with van der Waals surface area (Å²) in [5, 5.41) is 21.7. The third kappa shape index (κ3) is 4.18. The van der Waals surface area contributed by atoms with E-state index in [1.54, 1.807) is 18.2 Å². The number of aromatic nitrogens is 2. The van der Waals surface area contributed by atoms with E-state index in [0.29, 0.717) is 16.7 Å². The topological polar surface area (TPSA) is 85.4 Å². The predicted octanol–water partition coefficient (Wildman–Crippen LogP) is 3.64. The average Bonchev–Trinajstić information content (AvgIpc) is 2.56. The quantitative estimate of drug-likeness (QED) is 0.666. The van der Waals surface area contributed by atoms with E-state index in [-0.39, 0.29) is 11.9 Å². The van der Waals surface area contributed by atoms with E-state index >= 15 is 0 Å². The van der Waals surface area contributed by atoms with Crippen LogP contribution in [-0.2, 0) is 0 Å². The van der Waals surface area contributed by atoms with Crippen molar-refractivity contribution in [3.05, 3.63) is 47.4 Å². The van der Waals surface area contributed by atoms with E-state index in [4.69, 9.17) is 10.5 Å². The van der Waals surface area contributed by atoms with Gasteiger partial charge >= 0.3 is 0 Å². The van der Waals surface area contributed by atoms with E-state index in [9.17, 15) is 4.39 Å². The van der Waals surface area contributed by atoms with Crippen molar-refractivity contribution in [1.29, 1.82) is 10.5 Å². The molecular weight excluding hydrogens is 313 g/mol. The van der Waals surface area contributed by atoms with Crippen molar-refractivity contribution in [2.75, 3.05) is 11.6 Å². The van der Waals surface area contributed by atoms with Crippen LogP contribution < -0.4 is 5.32 Å². The number of hydrogen-bond acceptors (Lipinski definition) is 6. The van der Waals surface area contributed by atoms with Gasteiger partial charge in [0.15, 0.2) is 11.1 Å². The van der Waals surface area contributed by atoms with Crippen LogP contribution in [0, 0.1) is 28.5 Å². The number of nitriles is 2. The Morgan fingerprint density at radius 1 is 1.17 bits per heavy atom. The summed E-state index contributed by atoms with van der Waals surface area (Å²) < 4.78 is 13.0. The van der Waals surface area contributed by atoms with E-state index in [1.165, 1.54) is 23.9 Å². The second-order valence-corrected chi connectivity index (χ2v) is 5.55. The zero-order valence-corrected chi connectivity index (χ0v) is 13.4. The minimum absolute atomic E-state index is 0.115. The van der Waals surface area contributed by atoms with E-state index in [1.807, 2.05) is 25.3 Å². The highest BCUT2D eigenvalue weighted by Crippen LogP contribution is 2.23. The van der Waals surface area contributed by atoms with Gasteiger partial charge in [-0.3, -0.25) is 0 Å². The summed E-state index contributed by atoms with van der Waals surface area (Å²) in [5.74, 6) is -0.710. The lowest BCUT2D eigenvalue weighted by atomic mass is 10.1. The molecule has 7 heteroatoms. The van der Waals surface area contributed by atoms with Crippen molar-refractivity contribution in [3.8, 4) is 12.1 Å². The fourth-order valence-corrected chi connectivity index (χ4v) is 2.36. The van der Waals surface area contributed by atoms with E-state index < -0.39 is 5.92 Å². The van der Waals surface area contributed by atoms with Crippen molar-refractivity contribution in [3.63, 3.8) is 0 Å². The summed E-state index contributed by atoms with van der Waals surface area (Å²) >= 11 is 1.33. The molecule has 0 radical (unpaired) electrons. The molecule has 2 aromatic rings. The first kappa shape index (κ1) is 16.7. The lowest BCUT2D eigenvalue weighted by molar-refractivity contribution is 0.626. The molecule has 0 saturated carbocycles. The molecule has 1 atom stereocenters. The van der Waals surface area contributed by atoms with Gasteiger partial charge in [-0.15, -0.1) is 0 Å². The Morgan fingerprint density at radius 2 is 1.83 bits per heavy atom. The molecule has 0 spiro atoms. The van der Waals surface area contributed by atoms with Crippen LogP contribution in [0.2, 0.25) is 0 Å². The summed E-state index contributed by atoms with van der Waals surface area (Å²) in [7, 11) is 0. The lowest BCUT2D eigenvalue weighted by Gasteiger charge is -2.16. The molecule has 1 N–H and O–H groups in total. The number of hydrogen-bond donors (Lipinski definition) is 1. The van der Waals surface area contributed by atoms with Gasteiger partial charge in [0.2, 0.25) is 0 Å². The van der Waals surface area contributed by atoms with Gasteiger partial charge in [-0.2, -0.15) is 10.5 Å². The standard InChI is InChI=1S/C16H14FN5S/c1-10(11-3-5-13(17)6-4-11)20-15-7-14(12(8-18)9-19)21-16(22-15)23-2/h3-7,10,12H,1-2H3,(H,20,21,22). The van der Waals surface area contributed by atoms with Crippen LogP contribution in [-0.4, -0.2) is 16.2 Å². The van der Waals surface area contributed by atoms with E-state index in [0.717, 1.165) is 5.56 Å². The highest BCUT2D eigenvalue weighted by atomic mass is 32.2. The van der Waals surface area contributed by atoms with Gasteiger partial charge in [-0.1, -0.05) is 23.9 Å². The first-order chi connectivity index (χ1) is 11.1. The molecule has 0 aliphatic heterocycles. The minimum atomic E-state index is -0.939. The van der Waals surface area contributed by atoms with Crippen molar-refractivity contribution < 1.29 is 4.39 Å². The van der Waals surface area contributed by atoms with Crippen molar-refractivity contribution in [2.24, 2.45) is 0 Å². The zero-order valence-electron chi connectivity index (χ0n) is 12.6. The Balaban J connectivity index is 2.28. The Hall–Kier alpha value is -2.64. The fourth-order valence-electron chi connectivity index (χ4n) is 1.97. The first-order valence-corrected chi connectivity index (χ1v) is 8.04. The molecule has 1 heterocycles. The maximum Gasteiger partial charge on any atom is 0.189 e. The molecule has 2 rings (SSSR count). The minimum Gasteiger partial charge on any atom is -0.363 e. The number of nitrogens with one attached hydrogen (secondary N) is 1. The second kappa shape index (κ2) is 7.57. The fraction of sp³-hybridized carbons (Fsp3) is 0.250. The normalized spacial score (nSPS) is 11.6. The van der Waals surface area contributed by atoms with Gasteiger partial charge in [0, 0.05) is 12.1 Å². The molecular formula is C16H14FN5S. The molecule has 0 aliphatic carbocycles. The molecule has 1 aromatic heterocycles. The third-order valence-electron chi connectivity index (χ3n) is 3.20. The number of benzene rings is 1. The lowest BCUT2D eigenvalue weighted by Crippen LogP contribution is -2.10. The van der Waals surface area contributed by atoms with Crippen LogP contribution in [0.1, 0.15) is 30.1 Å². The van der Waals surface area contributed by atoms with Crippen molar-refractivity contribution >= 4 is 17.6 Å². The summed E-state index contributed by atoms with van der Waals surface area (Å²) in [6, 6.07) is 11.5. The van der Waals surface area contributed by atoms with Crippen LogP contribution >= 0.6 is 11.8 Å². The van der Waals surface area contributed by atoms with E-state index in [2.05, 4.69) is 15.3 Å². The van der Waals surface area contributed by atoms with Crippen LogP contribution in [0.4, 0.5) is 10.2 Å². The molecule has 0 saturated heterocycles. The van der Waals surface area contributed by atoms with Gasteiger partial charge in [0.25, 0.3) is 0 Å². The van der Waals surface area contributed by atoms with Gasteiger partial charge in [0.1, 0.15) is 11.6 Å². The molecule has 1 aromatic carbocycles. The van der Waals surface area contributed by atoms with Crippen molar-refractivity contribution in [1.82, 2.24) is 9.97 Å². The van der Waals surface area contributed by atoms with Gasteiger partial charge < -0.3 is 5.32 Å². The van der Waals surface area contributed by atoms with Gasteiger partial charge in [-0.25, -0.2) is 14.4 Å². The summed E-state index contributed by atoms with van der Waals surface area (Å²) in [4.78, 5) is 8.54. The number of anilines is 1. The number of nitrogens with zero attached hydrogens (tertiary/aromatic N) is 4. The zero-order chi connectivity index (χ0) is 16.8. The Morgan fingerprint density at radius 3 is 2.39 bits per heavy atom. The monoisotopic (exact) mass is 327 g/mol. The van der Waals surface area contributed by atoms with Crippen LogP contribution in [0.15, 0.2) is 35.5 Å². The van der Waals surface area contributed by atoms with Gasteiger partial charge in [-0.05, 0) is 30.9 Å². The Kier molecular flexibility index (Phi) is 5.51. The molecule has 0 bridgehead atoms. The second-order valence-electron chi connectivity index (χ2n) is 4.77. The molecule has 0 aliphatic rings. The summed E-state index contributed by atoms with van der Waals surface area (Å²) in [5.41, 5.74) is 1.26. The number of thioether (sulfide) groups is 1. The van der Waals surface area contributed by atoms with Gasteiger partial charge in [0.05, 0.1) is 17.8 Å². The first-order valence-electron chi connectivity index (χ1n) is 6.81. The molecule has 0 amide bonds. The maximum atomic E-state index is 13.0. The SMILES string of the molecule is CSc1nc(NC(C)c2ccc(F)cc2)cc(C(C#N)C#N)n1. The average molecular weight is 327 g/mol. The van der Waals surface area contributed by atoms with Crippen LogP contribution in [0.25, 0.3) is 0 Å². The molecule has 116 valence electrons. The Bertz CT molecular complexity index is 750. The number of rotatable bonds is 5. The van der Waals surface area contributed by atoms with Crippen LogP contribution in [0.5, 0.6) is 0 Å². The largest absolute Gasteiger partial charge is 0.363 e. The molecule has 1 unspecified atom stereocenters. The molecule has 5 nitrogen and oxygen atoms in total. The molecule has 0 fully saturated rings. The highest BCUT2D eigenvalue weighted by molar-refractivity contribution is 7.98.